The van der Waals surface area contributed by atoms with Gasteiger partial charge in [0.15, 0.2) is 0 Å². The number of hydrogen-bond donors (Lipinski definition) is 0. The third-order valence-electron chi connectivity index (χ3n) is 1.64. The molecule has 70 valence electrons. The molecule has 1 rings (SSSR count). The van der Waals surface area contributed by atoms with E-state index in [2.05, 4.69) is 51.1 Å². The van der Waals surface area contributed by atoms with Crippen LogP contribution in [0.1, 0.15) is 41.2 Å². The van der Waals surface area contributed by atoms with Crippen LogP contribution in [0.2, 0.25) is 0 Å². The predicted molar refractivity (Wildman–Crippen MR) is 58.6 cm³/mol. The minimum absolute atomic E-state index is 0. The summed E-state index contributed by atoms with van der Waals surface area (Å²) in [5.41, 5.74) is 1.69. The first-order chi connectivity index (χ1) is 4.61. The molecule has 12 heavy (non-hydrogen) atoms. The molecular formula is C12H22. The van der Waals surface area contributed by atoms with E-state index in [4.69, 9.17) is 0 Å². The van der Waals surface area contributed by atoms with Gasteiger partial charge in [-0.1, -0.05) is 66.0 Å². The van der Waals surface area contributed by atoms with E-state index in [0.717, 1.165) is 0 Å². The Hall–Kier alpha value is -0.780. The van der Waals surface area contributed by atoms with Gasteiger partial charge in [-0.2, -0.15) is 0 Å². The molecule has 1 aromatic carbocycles. The Labute approximate surface area is 77.6 Å². The molecule has 0 radical (unpaired) electrons. The van der Waals surface area contributed by atoms with Crippen molar-refractivity contribution in [3.05, 3.63) is 35.9 Å². The Morgan fingerprint density at radius 1 is 0.833 bits per heavy atom. The maximum absolute atomic E-state index is 2.22. The molecule has 0 heterocycles. The fraction of sp³-hybridized carbons (Fsp3) is 0.500. The SMILES string of the molecule is C.C.CC(C)(C)c1ccccc1. The van der Waals surface area contributed by atoms with E-state index in [1.54, 1.807) is 0 Å². The maximum Gasteiger partial charge on any atom is -0.0132 e. The smallest absolute Gasteiger partial charge is 0.0132 e. The molecule has 0 unspecified atom stereocenters. The van der Waals surface area contributed by atoms with Crippen LogP contribution in [0, 0.1) is 0 Å². The first-order valence-electron chi connectivity index (χ1n) is 3.66. The Morgan fingerprint density at radius 3 is 1.50 bits per heavy atom. The minimum Gasteiger partial charge on any atom is -0.0776 e. The second-order valence-electron chi connectivity index (χ2n) is 3.62. The summed E-state index contributed by atoms with van der Waals surface area (Å²) in [5.74, 6) is 0. The van der Waals surface area contributed by atoms with Crippen LogP contribution < -0.4 is 0 Å². The molecule has 0 aliphatic carbocycles. The summed E-state index contributed by atoms with van der Waals surface area (Å²) in [4.78, 5) is 0. The molecule has 0 fully saturated rings. The summed E-state index contributed by atoms with van der Waals surface area (Å²) in [6, 6.07) is 10.6. The van der Waals surface area contributed by atoms with Gasteiger partial charge in [0.25, 0.3) is 0 Å². The zero-order chi connectivity index (χ0) is 7.61. The molecule has 0 aliphatic heterocycles. The van der Waals surface area contributed by atoms with Gasteiger partial charge in [-0.25, -0.2) is 0 Å². The summed E-state index contributed by atoms with van der Waals surface area (Å²) in [6.45, 7) is 6.67. The van der Waals surface area contributed by atoms with Gasteiger partial charge >= 0.3 is 0 Å². The largest absolute Gasteiger partial charge is 0.0776 e. The van der Waals surface area contributed by atoms with Gasteiger partial charge in [0.2, 0.25) is 0 Å². The lowest BCUT2D eigenvalue weighted by atomic mass is 9.87. The number of rotatable bonds is 0. The lowest BCUT2D eigenvalue weighted by Crippen LogP contribution is -2.10. The molecule has 0 atom stereocenters. The highest BCUT2D eigenvalue weighted by atomic mass is 14.2. The van der Waals surface area contributed by atoms with Crippen molar-refractivity contribution in [2.75, 3.05) is 0 Å². The summed E-state index contributed by atoms with van der Waals surface area (Å²) in [7, 11) is 0. The van der Waals surface area contributed by atoms with Crippen molar-refractivity contribution in [1.82, 2.24) is 0 Å². The first-order valence-corrected chi connectivity index (χ1v) is 3.66. The highest BCUT2D eigenvalue weighted by molar-refractivity contribution is 5.21. The van der Waals surface area contributed by atoms with Crippen molar-refractivity contribution >= 4 is 0 Å². The molecule has 0 spiro atoms. The standard InChI is InChI=1S/C10H14.2CH4/c1-10(2,3)9-7-5-4-6-8-9;;/h4-8H,1-3H3;2*1H4. The third kappa shape index (κ3) is 3.56. The number of benzene rings is 1. The lowest BCUT2D eigenvalue weighted by Gasteiger charge is -2.18. The Morgan fingerprint density at radius 2 is 1.25 bits per heavy atom. The predicted octanol–water partition coefficient (Wildman–Crippen LogP) is 4.26. The van der Waals surface area contributed by atoms with Crippen molar-refractivity contribution in [2.24, 2.45) is 0 Å². The molecule has 0 heteroatoms. The Bertz CT molecular complexity index is 191. The van der Waals surface area contributed by atoms with Crippen LogP contribution in [0.3, 0.4) is 0 Å². The van der Waals surface area contributed by atoms with E-state index in [0.29, 0.717) is 5.41 Å². The van der Waals surface area contributed by atoms with Gasteiger partial charge in [0.1, 0.15) is 0 Å². The van der Waals surface area contributed by atoms with Crippen molar-refractivity contribution in [1.29, 1.82) is 0 Å². The van der Waals surface area contributed by atoms with Crippen molar-refractivity contribution < 1.29 is 0 Å². The second-order valence-corrected chi connectivity index (χ2v) is 3.62. The number of hydrogen-bond acceptors (Lipinski definition) is 0. The van der Waals surface area contributed by atoms with Crippen LogP contribution in [0.25, 0.3) is 0 Å². The zero-order valence-corrected chi connectivity index (χ0v) is 6.89. The molecule has 0 aromatic heterocycles. The van der Waals surface area contributed by atoms with Crippen molar-refractivity contribution in [3.63, 3.8) is 0 Å². The maximum atomic E-state index is 2.22. The van der Waals surface area contributed by atoms with Crippen molar-refractivity contribution in [2.45, 2.75) is 41.0 Å². The molecule has 0 bridgehead atoms. The van der Waals surface area contributed by atoms with Gasteiger partial charge in [-0.3, -0.25) is 0 Å². The minimum atomic E-state index is 0. The van der Waals surface area contributed by atoms with Crippen LogP contribution in [-0.4, -0.2) is 0 Å². The van der Waals surface area contributed by atoms with Gasteiger partial charge in [0, 0.05) is 0 Å². The topological polar surface area (TPSA) is 0 Å². The molecular weight excluding hydrogens is 144 g/mol. The lowest BCUT2D eigenvalue weighted by molar-refractivity contribution is 0.590. The average Bonchev–Trinajstić information content (AvgIpc) is 1.88. The Kier molecular flexibility index (Phi) is 5.71. The van der Waals surface area contributed by atoms with E-state index < -0.39 is 0 Å². The van der Waals surface area contributed by atoms with Gasteiger partial charge in [-0.05, 0) is 11.0 Å². The summed E-state index contributed by atoms with van der Waals surface area (Å²) >= 11 is 0. The molecule has 0 saturated carbocycles. The fourth-order valence-corrected chi connectivity index (χ4v) is 0.938. The normalized spacial score (nSPS) is 9.58. The Balaban J connectivity index is 0. The molecule has 0 aliphatic rings. The monoisotopic (exact) mass is 166 g/mol. The van der Waals surface area contributed by atoms with Crippen LogP contribution in [-0.2, 0) is 5.41 Å². The third-order valence-corrected chi connectivity index (χ3v) is 1.64. The highest BCUT2D eigenvalue weighted by Gasteiger charge is 2.11. The van der Waals surface area contributed by atoms with Crippen LogP contribution in [0.15, 0.2) is 30.3 Å². The van der Waals surface area contributed by atoms with E-state index in [1.807, 2.05) is 0 Å². The van der Waals surface area contributed by atoms with Gasteiger partial charge in [-0.15, -0.1) is 0 Å². The quantitative estimate of drug-likeness (QED) is 0.540. The fourth-order valence-electron chi connectivity index (χ4n) is 0.938. The molecule has 1 aromatic rings. The molecule has 0 N–H and O–H groups in total. The van der Waals surface area contributed by atoms with Crippen molar-refractivity contribution in [3.8, 4) is 0 Å². The molecule has 0 amide bonds. The van der Waals surface area contributed by atoms with E-state index in [9.17, 15) is 0 Å². The first kappa shape index (κ1) is 13.8. The summed E-state index contributed by atoms with van der Waals surface area (Å²) in [6.07, 6.45) is 0. The van der Waals surface area contributed by atoms with Crippen LogP contribution in [0.5, 0.6) is 0 Å². The molecule has 0 saturated heterocycles. The second kappa shape index (κ2) is 4.97. The van der Waals surface area contributed by atoms with E-state index in [-0.39, 0.29) is 14.9 Å². The zero-order valence-electron chi connectivity index (χ0n) is 6.89. The summed E-state index contributed by atoms with van der Waals surface area (Å²) in [5, 5.41) is 0. The summed E-state index contributed by atoms with van der Waals surface area (Å²) < 4.78 is 0. The highest BCUT2D eigenvalue weighted by Crippen LogP contribution is 2.20. The van der Waals surface area contributed by atoms with E-state index in [1.165, 1.54) is 5.56 Å². The van der Waals surface area contributed by atoms with Crippen LogP contribution in [0.4, 0.5) is 0 Å². The van der Waals surface area contributed by atoms with Gasteiger partial charge < -0.3 is 0 Å². The van der Waals surface area contributed by atoms with Crippen LogP contribution >= 0.6 is 0 Å². The average molecular weight is 166 g/mol. The van der Waals surface area contributed by atoms with Gasteiger partial charge in [0.05, 0.1) is 0 Å². The molecule has 0 nitrogen and oxygen atoms in total. The van der Waals surface area contributed by atoms with E-state index >= 15 is 0 Å².